The summed E-state index contributed by atoms with van der Waals surface area (Å²) >= 11 is 2.76. The number of fused-ring (bicyclic) bond motifs is 1. The molecule has 2 atom stereocenters. The molecule has 28 heavy (non-hydrogen) atoms. The van der Waals surface area contributed by atoms with E-state index >= 15 is 0 Å². The summed E-state index contributed by atoms with van der Waals surface area (Å²) in [5.74, 6) is 0.772. The van der Waals surface area contributed by atoms with E-state index in [0.717, 1.165) is 12.1 Å². The number of carbonyl (C=O) groups excluding carboxylic acids is 1. The summed E-state index contributed by atoms with van der Waals surface area (Å²) in [5, 5.41) is 6.21. The van der Waals surface area contributed by atoms with Crippen molar-refractivity contribution in [2.24, 2.45) is 5.92 Å². The number of thiophene rings is 1. The number of thioether (sulfide) groups is 1. The summed E-state index contributed by atoms with van der Waals surface area (Å²) < 4.78 is 1.61. The van der Waals surface area contributed by atoms with Gasteiger partial charge in [-0.3, -0.25) is 14.2 Å². The molecule has 4 rings (SSSR count). The molecule has 1 aliphatic rings. The van der Waals surface area contributed by atoms with Crippen molar-refractivity contribution in [1.29, 1.82) is 0 Å². The van der Waals surface area contributed by atoms with Gasteiger partial charge in [0.1, 0.15) is 4.83 Å². The molecule has 0 unspecified atom stereocenters. The van der Waals surface area contributed by atoms with Crippen LogP contribution < -0.4 is 10.9 Å². The van der Waals surface area contributed by atoms with Gasteiger partial charge in [0.15, 0.2) is 5.16 Å². The summed E-state index contributed by atoms with van der Waals surface area (Å²) in [6.07, 6.45) is 4.64. The summed E-state index contributed by atoms with van der Waals surface area (Å²) in [7, 11) is 0. The zero-order chi connectivity index (χ0) is 19.5. The Morgan fingerprint density at radius 2 is 2.04 bits per heavy atom. The second-order valence-corrected chi connectivity index (χ2v) is 9.07. The van der Waals surface area contributed by atoms with E-state index in [1.54, 1.807) is 10.6 Å². The Hall–Kier alpha value is -2.12. The van der Waals surface area contributed by atoms with Gasteiger partial charge in [0.25, 0.3) is 5.56 Å². The number of rotatable bonds is 5. The highest BCUT2D eigenvalue weighted by atomic mass is 32.2. The minimum Gasteiger partial charge on any atom is -0.352 e. The summed E-state index contributed by atoms with van der Waals surface area (Å²) in [6.45, 7) is 2.20. The number of amides is 1. The lowest BCUT2D eigenvalue weighted by atomic mass is 9.86. The molecular weight excluding hydrogens is 390 g/mol. The third kappa shape index (κ3) is 4.00. The van der Waals surface area contributed by atoms with Crippen molar-refractivity contribution in [2.75, 3.05) is 5.75 Å². The molecule has 1 N–H and O–H groups in total. The second-order valence-electron chi connectivity index (χ2n) is 7.23. The number of para-hydroxylation sites is 1. The third-order valence-electron chi connectivity index (χ3n) is 5.27. The molecule has 1 amide bonds. The normalized spacial score (nSPS) is 19.6. The average Bonchev–Trinajstić information content (AvgIpc) is 3.18. The van der Waals surface area contributed by atoms with Gasteiger partial charge in [-0.1, -0.05) is 49.7 Å². The highest BCUT2D eigenvalue weighted by Gasteiger charge is 2.23. The molecule has 1 saturated carbocycles. The fraction of sp³-hybridized carbons (Fsp3) is 0.381. The Labute approximate surface area is 172 Å². The van der Waals surface area contributed by atoms with Gasteiger partial charge in [-0.15, -0.1) is 11.3 Å². The van der Waals surface area contributed by atoms with Gasteiger partial charge in [-0.25, -0.2) is 4.98 Å². The molecule has 2 heterocycles. The van der Waals surface area contributed by atoms with Crippen LogP contribution in [-0.4, -0.2) is 27.3 Å². The van der Waals surface area contributed by atoms with E-state index in [9.17, 15) is 9.59 Å². The van der Waals surface area contributed by atoms with Crippen LogP contribution in [0.2, 0.25) is 0 Å². The van der Waals surface area contributed by atoms with Crippen LogP contribution in [0, 0.1) is 5.92 Å². The van der Waals surface area contributed by atoms with Crippen molar-refractivity contribution in [3.8, 4) is 5.69 Å². The van der Waals surface area contributed by atoms with Crippen molar-refractivity contribution in [2.45, 2.75) is 43.8 Å². The van der Waals surface area contributed by atoms with Crippen molar-refractivity contribution >= 4 is 39.2 Å². The maximum absolute atomic E-state index is 13.0. The third-order valence-corrected chi connectivity index (χ3v) is 7.02. The quantitative estimate of drug-likeness (QED) is 0.502. The molecule has 0 radical (unpaired) electrons. The molecule has 146 valence electrons. The zero-order valence-corrected chi connectivity index (χ0v) is 17.4. The number of hydrogen-bond acceptors (Lipinski definition) is 5. The number of carbonyl (C=O) groups is 1. The molecule has 7 heteroatoms. The number of nitrogens with zero attached hydrogens (tertiary/aromatic N) is 2. The zero-order valence-electron chi connectivity index (χ0n) is 15.8. The molecular formula is C21H23N3O2S2. The lowest BCUT2D eigenvalue weighted by Gasteiger charge is -2.29. The van der Waals surface area contributed by atoms with Gasteiger partial charge in [0.2, 0.25) is 5.91 Å². The molecule has 1 aromatic carbocycles. The molecule has 0 aliphatic heterocycles. The van der Waals surface area contributed by atoms with Gasteiger partial charge < -0.3 is 5.32 Å². The topological polar surface area (TPSA) is 64.0 Å². The largest absolute Gasteiger partial charge is 0.352 e. The number of hydrogen-bond donors (Lipinski definition) is 1. The van der Waals surface area contributed by atoms with Crippen molar-refractivity contribution < 1.29 is 4.79 Å². The Morgan fingerprint density at radius 3 is 2.82 bits per heavy atom. The molecule has 0 saturated heterocycles. The minimum atomic E-state index is -0.0961. The Balaban J connectivity index is 1.58. The molecule has 1 aliphatic carbocycles. The number of aromatic nitrogens is 2. The number of benzene rings is 1. The summed E-state index contributed by atoms with van der Waals surface area (Å²) in [6, 6.07) is 11.5. The molecule has 1 fully saturated rings. The lowest BCUT2D eigenvalue weighted by molar-refractivity contribution is -0.119. The molecule has 5 nitrogen and oxygen atoms in total. The van der Waals surface area contributed by atoms with Crippen LogP contribution in [0.15, 0.2) is 51.7 Å². The average molecular weight is 414 g/mol. The molecule has 0 spiro atoms. The Morgan fingerprint density at radius 1 is 1.25 bits per heavy atom. The van der Waals surface area contributed by atoms with Crippen molar-refractivity contribution in [1.82, 2.24) is 14.9 Å². The Bertz CT molecular complexity index is 1030. The standard InChI is InChI=1S/C21H23N3O2S2/c1-14-7-5-6-10-17(14)22-18(25)13-28-21-23-19-16(11-12-27-19)20(26)24(21)15-8-3-2-4-9-15/h2-4,8-9,11-12,14,17H,5-7,10,13H2,1H3,(H,22,25)/t14-,17-/m1/s1. The minimum absolute atomic E-state index is 0.00360. The van der Waals surface area contributed by atoms with E-state index in [-0.39, 0.29) is 23.3 Å². The molecule has 3 aromatic rings. The fourth-order valence-corrected chi connectivity index (χ4v) is 5.33. The summed E-state index contributed by atoms with van der Waals surface area (Å²) in [5.41, 5.74) is 0.665. The van der Waals surface area contributed by atoms with Gasteiger partial charge in [0.05, 0.1) is 16.8 Å². The fourth-order valence-electron chi connectivity index (χ4n) is 3.71. The molecule has 0 bridgehead atoms. The van der Waals surface area contributed by atoms with E-state index in [4.69, 9.17) is 0 Å². The maximum Gasteiger partial charge on any atom is 0.267 e. The second kappa shape index (κ2) is 8.49. The van der Waals surface area contributed by atoms with E-state index in [1.165, 1.54) is 42.4 Å². The predicted molar refractivity (Wildman–Crippen MR) is 116 cm³/mol. The summed E-state index contributed by atoms with van der Waals surface area (Å²) in [4.78, 5) is 30.9. The first kappa shape index (κ1) is 19.2. The first-order valence-electron chi connectivity index (χ1n) is 9.61. The van der Waals surface area contributed by atoms with E-state index in [0.29, 0.717) is 21.3 Å². The van der Waals surface area contributed by atoms with E-state index in [2.05, 4.69) is 17.2 Å². The monoisotopic (exact) mass is 413 g/mol. The van der Waals surface area contributed by atoms with Crippen molar-refractivity contribution in [3.63, 3.8) is 0 Å². The lowest BCUT2D eigenvalue weighted by Crippen LogP contribution is -2.41. The van der Waals surface area contributed by atoms with Gasteiger partial charge in [-0.2, -0.15) is 0 Å². The van der Waals surface area contributed by atoms with Gasteiger partial charge in [-0.05, 0) is 42.3 Å². The highest BCUT2D eigenvalue weighted by molar-refractivity contribution is 7.99. The smallest absolute Gasteiger partial charge is 0.267 e. The maximum atomic E-state index is 13.0. The van der Waals surface area contributed by atoms with Crippen molar-refractivity contribution in [3.05, 3.63) is 52.1 Å². The first-order valence-corrected chi connectivity index (χ1v) is 11.5. The first-order chi connectivity index (χ1) is 13.6. The number of nitrogens with one attached hydrogen (secondary N) is 1. The predicted octanol–water partition coefficient (Wildman–Crippen LogP) is 4.23. The SMILES string of the molecule is C[C@@H]1CCCC[C@H]1NC(=O)CSc1nc2sccc2c(=O)n1-c1ccccc1. The van der Waals surface area contributed by atoms with Crippen LogP contribution in [0.5, 0.6) is 0 Å². The van der Waals surface area contributed by atoms with Crippen LogP contribution in [0.3, 0.4) is 0 Å². The van der Waals surface area contributed by atoms with E-state index < -0.39 is 0 Å². The van der Waals surface area contributed by atoms with Crippen LogP contribution in [0.25, 0.3) is 15.9 Å². The van der Waals surface area contributed by atoms with Crippen LogP contribution >= 0.6 is 23.1 Å². The van der Waals surface area contributed by atoms with Crippen LogP contribution in [-0.2, 0) is 4.79 Å². The van der Waals surface area contributed by atoms with E-state index in [1.807, 2.05) is 35.7 Å². The van der Waals surface area contributed by atoms with Gasteiger partial charge in [0, 0.05) is 6.04 Å². The van der Waals surface area contributed by atoms with Crippen LogP contribution in [0.4, 0.5) is 0 Å². The Kier molecular flexibility index (Phi) is 5.82. The highest BCUT2D eigenvalue weighted by Crippen LogP contribution is 2.25. The molecule has 2 aromatic heterocycles. The van der Waals surface area contributed by atoms with Gasteiger partial charge >= 0.3 is 0 Å². The van der Waals surface area contributed by atoms with Crippen LogP contribution in [0.1, 0.15) is 32.6 Å².